The van der Waals surface area contributed by atoms with Crippen LogP contribution in [0.4, 0.5) is 0 Å². The fourth-order valence-electron chi connectivity index (χ4n) is 2.85. The first-order chi connectivity index (χ1) is 9.42. The van der Waals surface area contributed by atoms with E-state index >= 15 is 0 Å². The molecule has 2 saturated heterocycles. The minimum absolute atomic E-state index is 0.00910. The average molecular weight is 285 g/mol. The molecule has 0 saturated carbocycles. The number of carboxylic acid groups (broad SMARTS) is 1. The Morgan fingerprint density at radius 2 is 1.95 bits per heavy atom. The molecular weight excluding hydrogens is 262 g/mol. The Morgan fingerprint density at radius 3 is 2.55 bits per heavy atom. The third kappa shape index (κ3) is 3.28. The monoisotopic (exact) mass is 285 g/mol. The molecular formula is C13H23N3O4. The van der Waals surface area contributed by atoms with Crippen LogP contribution < -0.4 is 5.32 Å². The summed E-state index contributed by atoms with van der Waals surface area (Å²) in [4.78, 5) is 27.1. The van der Waals surface area contributed by atoms with Gasteiger partial charge in [-0.3, -0.25) is 9.69 Å². The molecule has 0 aromatic carbocycles. The number of piperazine rings is 1. The van der Waals surface area contributed by atoms with Gasteiger partial charge in [-0.25, -0.2) is 4.79 Å². The predicted octanol–water partition coefficient (Wildman–Crippen LogP) is -1.28. The van der Waals surface area contributed by atoms with Crippen molar-refractivity contribution in [3.05, 3.63) is 0 Å². The van der Waals surface area contributed by atoms with Crippen molar-refractivity contribution in [1.29, 1.82) is 0 Å². The lowest BCUT2D eigenvalue weighted by Crippen LogP contribution is -2.55. The summed E-state index contributed by atoms with van der Waals surface area (Å²) < 4.78 is 0. The molecule has 2 atom stereocenters. The predicted molar refractivity (Wildman–Crippen MR) is 72.3 cm³/mol. The molecule has 2 heterocycles. The molecule has 0 aliphatic carbocycles. The maximum Gasteiger partial charge on any atom is 0.336 e. The van der Waals surface area contributed by atoms with Crippen molar-refractivity contribution in [2.75, 3.05) is 39.3 Å². The second kappa shape index (κ2) is 6.07. The Bertz CT molecular complexity index is 380. The Hall–Kier alpha value is -1.18. The van der Waals surface area contributed by atoms with E-state index in [-0.39, 0.29) is 18.5 Å². The molecule has 2 fully saturated rings. The smallest absolute Gasteiger partial charge is 0.336 e. The van der Waals surface area contributed by atoms with Gasteiger partial charge < -0.3 is 20.4 Å². The second-order valence-corrected chi connectivity index (χ2v) is 5.78. The van der Waals surface area contributed by atoms with Gasteiger partial charge in [0, 0.05) is 32.7 Å². The van der Waals surface area contributed by atoms with Crippen molar-refractivity contribution in [2.24, 2.45) is 0 Å². The first-order valence-corrected chi connectivity index (χ1v) is 7.11. The third-order valence-corrected chi connectivity index (χ3v) is 4.05. The van der Waals surface area contributed by atoms with Gasteiger partial charge in [0.2, 0.25) is 5.91 Å². The number of amides is 1. The van der Waals surface area contributed by atoms with E-state index in [2.05, 4.69) is 5.32 Å². The Balaban J connectivity index is 1.99. The molecule has 0 radical (unpaired) electrons. The van der Waals surface area contributed by atoms with Gasteiger partial charge in [-0.1, -0.05) is 0 Å². The molecule has 0 spiro atoms. The first kappa shape index (κ1) is 15.2. The molecule has 7 nitrogen and oxygen atoms in total. The van der Waals surface area contributed by atoms with E-state index in [4.69, 9.17) is 5.11 Å². The molecule has 0 aromatic heterocycles. The summed E-state index contributed by atoms with van der Waals surface area (Å²) in [7, 11) is 0. The van der Waals surface area contributed by atoms with Gasteiger partial charge in [-0.15, -0.1) is 0 Å². The summed E-state index contributed by atoms with van der Waals surface area (Å²) in [6.45, 7) is 4.91. The highest BCUT2D eigenvalue weighted by atomic mass is 16.4. The number of carboxylic acids is 1. The number of carbonyl (C=O) groups excluding carboxylic acids is 1. The number of hydrogen-bond acceptors (Lipinski definition) is 5. The number of aliphatic carboxylic acids is 1. The lowest BCUT2D eigenvalue weighted by atomic mass is 10.1. The van der Waals surface area contributed by atoms with Crippen molar-refractivity contribution in [3.8, 4) is 0 Å². The highest BCUT2D eigenvalue weighted by molar-refractivity contribution is 5.82. The highest BCUT2D eigenvalue weighted by Crippen LogP contribution is 2.22. The van der Waals surface area contributed by atoms with E-state index in [1.165, 1.54) is 6.92 Å². The quantitative estimate of drug-likeness (QED) is 0.596. The first-order valence-electron chi connectivity index (χ1n) is 7.11. The molecule has 7 heteroatoms. The second-order valence-electron chi connectivity index (χ2n) is 5.78. The fourth-order valence-corrected chi connectivity index (χ4v) is 2.85. The van der Waals surface area contributed by atoms with E-state index in [0.717, 1.165) is 25.9 Å². The van der Waals surface area contributed by atoms with Gasteiger partial charge in [-0.05, 0) is 26.3 Å². The summed E-state index contributed by atoms with van der Waals surface area (Å²) in [5.74, 6) is -1.19. The molecule has 20 heavy (non-hydrogen) atoms. The van der Waals surface area contributed by atoms with Crippen LogP contribution in [-0.4, -0.2) is 82.8 Å². The van der Waals surface area contributed by atoms with Crippen LogP contribution in [0.2, 0.25) is 0 Å². The van der Waals surface area contributed by atoms with Crippen molar-refractivity contribution in [3.63, 3.8) is 0 Å². The molecule has 2 rings (SSSR count). The van der Waals surface area contributed by atoms with E-state index in [9.17, 15) is 14.7 Å². The van der Waals surface area contributed by atoms with Crippen LogP contribution in [0.5, 0.6) is 0 Å². The Kier molecular flexibility index (Phi) is 4.62. The summed E-state index contributed by atoms with van der Waals surface area (Å²) in [6, 6.07) is -0.293. The van der Waals surface area contributed by atoms with E-state index in [1.54, 1.807) is 4.90 Å². The average Bonchev–Trinajstić information content (AvgIpc) is 2.86. The van der Waals surface area contributed by atoms with Crippen LogP contribution in [0, 0.1) is 0 Å². The van der Waals surface area contributed by atoms with Crippen LogP contribution in [0.1, 0.15) is 19.8 Å². The zero-order valence-electron chi connectivity index (χ0n) is 11.8. The number of nitrogens with zero attached hydrogens (tertiary/aromatic N) is 2. The highest BCUT2D eigenvalue weighted by Gasteiger charge is 2.40. The molecule has 3 N–H and O–H groups in total. The molecule has 2 aliphatic heterocycles. The SMILES string of the molecule is CC(O)(CN1CCCC1C(=O)N1CCNCC1)C(=O)O. The number of nitrogens with one attached hydrogen (secondary N) is 1. The fraction of sp³-hybridized carbons (Fsp3) is 0.846. The van der Waals surface area contributed by atoms with Crippen LogP contribution >= 0.6 is 0 Å². The molecule has 0 bridgehead atoms. The number of β-amino-alcohol motifs (C(OH)–C–C–N with tert-alkyl or cyclic N) is 1. The number of rotatable bonds is 4. The van der Waals surface area contributed by atoms with Gasteiger partial charge in [0.1, 0.15) is 0 Å². The maximum atomic E-state index is 12.5. The summed E-state index contributed by atoms with van der Waals surface area (Å²) >= 11 is 0. The minimum Gasteiger partial charge on any atom is -0.479 e. The lowest BCUT2D eigenvalue weighted by molar-refractivity contribution is -0.159. The summed E-state index contributed by atoms with van der Waals surface area (Å²) in [5, 5.41) is 22.1. The third-order valence-electron chi connectivity index (χ3n) is 4.05. The Labute approximate surface area is 118 Å². The van der Waals surface area contributed by atoms with Crippen molar-refractivity contribution < 1.29 is 19.8 Å². The van der Waals surface area contributed by atoms with Crippen molar-refractivity contribution >= 4 is 11.9 Å². The van der Waals surface area contributed by atoms with Gasteiger partial charge in [0.05, 0.1) is 6.04 Å². The van der Waals surface area contributed by atoms with Crippen LogP contribution in [0.25, 0.3) is 0 Å². The topological polar surface area (TPSA) is 93.1 Å². The van der Waals surface area contributed by atoms with E-state index in [1.807, 2.05) is 4.90 Å². The van der Waals surface area contributed by atoms with Crippen molar-refractivity contribution in [2.45, 2.75) is 31.4 Å². The van der Waals surface area contributed by atoms with Crippen LogP contribution in [0.3, 0.4) is 0 Å². The van der Waals surface area contributed by atoms with Gasteiger partial charge in [0.25, 0.3) is 0 Å². The van der Waals surface area contributed by atoms with Gasteiger partial charge in [-0.2, -0.15) is 0 Å². The maximum absolute atomic E-state index is 12.5. The number of aliphatic hydroxyl groups is 1. The van der Waals surface area contributed by atoms with E-state index < -0.39 is 11.6 Å². The zero-order valence-corrected chi connectivity index (χ0v) is 11.8. The molecule has 2 aliphatic rings. The van der Waals surface area contributed by atoms with Crippen LogP contribution in [0.15, 0.2) is 0 Å². The molecule has 114 valence electrons. The zero-order chi connectivity index (χ0) is 14.8. The molecule has 1 amide bonds. The standard InChI is InChI=1S/C13H23N3O4/c1-13(20,12(18)19)9-16-6-2-3-10(16)11(17)15-7-4-14-5-8-15/h10,14,20H,2-9H2,1H3,(H,18,19). The number of carbonyl (C=O) groups is 2. The number of hydrogen-bond donors (Lipinski definition) is 3. The van der Waals surface area contributed by atoms with Gasteiger partial charge in [0.15, 0.2) is 5.60 Å². The summed E-state index contributed by atoms with van der Waals surface area (Å²) in [5.41, 5.74) is -1.81. The van der Waals surface area contributed by atoms with Gasteiger partial charge >= 0.3 is 5.97 Å². The molecule has 0 aromatic rings. The van der Waals surface area contributed by atoms with Crippen molar-refractivity contribution in [1.82, 2.24) is 15.1 Å². The number of likely N-dealkylation sites (tertiary alicyclic amines) is 1. The Morgan fingerprint density at radius 1 is 1.30 bits per heavy atom. The summed E-state index contributed by atoms with van der Waals surface area (Å²) in [6.07, 6.45) is 1.59. The largest absolute Gasteiger partial charge is 0.479 e. The minimum atomic E-state index is -1.81. The molecule has 2 unspecified atom stereocenters. The lowest BCUT2D eigenvalue weighted by Gasteiger charge is -2.34. The normalized spacial score (nSPS) is 27.3. The van der Waals surface area contributed by atoms with Crippen LogP contribution in [-0.2, 0) is 9.59 Å². The van der Waals surface area contributed by atoms with E-state index in [0.29, 0.717) is 19.6 Å².